The van der Waals surface area contributed by atoms with E-state index in [1.54, 1.807) is 11.3 Å². The van der Waals surface area contributed by atoms with Gasteiger partial charge in [-0.25, -0.2) is 9.67 Å². The topological polar surface area (TPSA) is 37.2 Å². The monoisotopic (exact) mass is 341 g/mol. The first kappa shape index (κ1) is 15.4. The van der Waals surface area contributed by atoms with Gasteiger partial charge in [0.05, 0.1) is 10.4 Å². The summed E-state index contributed by atoms with van der Waals surface area (Å²) in [4.78, 5) is 9.58. The fraction of sp³-hybridized carbons (Fsp3) is 0.444. The third-order valence-corrected chi connectivity index (χ3v) is 6.07. The number of fused-ring (bicyclic) bond motifs is 1. The normalized spacial score (nSPS) is 17.8. The van der Waals surface area contributed by atoms with Gasteiger partial charge in [0.15, 0.2) is 10.8 Å². The molecule has 0 aliphatic carbocycles. The quantitative estimate of drug-likeness (QED) is 0.730. The number of para-hydroxylation sites is 1. The van der Waals surface area contributed by atoms with Crippen LogP contribution in [0.2, 0.25) is 0 Å². The number of hydrogen-bond donors (Lipinski definition) is 0. The maximum Gasteiger partial charge on any atom is 0.187 e. The van der Waals surface area contributed by atoms with E-state index >= 15 is 0 Å². The zero-order valence-corrected chi connectivity index (χ0v) is 15.3. The van der Waals surface area contributed by atoms with Crippen molar-refractivity contribution in [2.75, 3.05) is 36.5 Å². The molecular formula is C18H23N5S. The van der Waals surface area contributed by atoms with Crippen LogP contribution in [-0.4, -0.2) is 41.4 Å². The van der Waals surface area contributed by atoms with Crippen LogP contribution in [0.5, 0.6) is 0 Å². The van der Waals surface area contributed by atoms with Crippen molar-refractivity contribution in [2.45, 2.75) is 13.3 Å². The van der Waals surface area contributed by atoms with E-state index in [2.05, 4.69) is 59.2 Å². The molecule has 24 heavy (non-hydrogen) atoms. The molecule has 1 atom stereocenters. The maximum atomic E-state index is 4.78. The summed E-state index contributed by atoms with van der Waals surface area (Å²) >= 11 is 1.75. The van der Waals surface area contributed by atoms with Gasteiger partial charge in [-0.3, -0.25) is 0 Å². The second-order valence-corrected chi connectivity index (χ2v) is 7.65. The van der Waals surface area contributed by atoms with Crippen LogP contribution in [0.1, 0.15) is 12.1 Å². The van der Waals surface area contributed by atoms with Crippen molar-refractivity contribution in [3.05, 3.63) is 36.0 Å². The molecule has 1 fully saturated rings. The highest BCUT2D eigenvalue weighted by atomic mass is 32.1. The van der Waals surface area contributed by atoms with Gasteiger partial charge < -0.3 is 9.80 Å². The van der Waals surface area contributed by atoms with E-state index in [0.29, 0.717) is 5.92 Å². The Bertz CT molecular complexity index is 803. The molecule has 0 saturated carbocycles. The van der Waals surface area contributed by atoms with Crippen molar-refractivity contribution in [3.63, 3.8) is 0 Å². The molecule has 6 heteroatoms. The molecule has 0 amide bonds. The average Bonchev–Trinajstić information content (AvgIpc) is 3.27. The van der Waals surface area contributed by atoms with Crippen molar-refractivity contribution < 1.29 is 0 Å². The van der Waals surface area contributed by atoms with Crippen LogP contribution < -0.4 is 9.80 Å². The Labute approximate surface area is 146 Å². The number of thiazole rings is 1. The highest BCUT2D eigenvalue weighted by Crippen LogP contribution is 2.31. The number of hydrogen-bond acceptors (Lipinski definition) is 5. The Morgan fingerprint density at radius 2 is 2.08 bits per heavy atom. The number of rotatable bonds is 4. The summed E-state index contributed by atoms with van der Waals surface area (Å²) in [7, 11) is 4.12. The van der Waals surface area contributed by atoms with E-state index in [0.717, 1.165) is 36.1 Å². The highest BCUT2D eigenvalue weighted by molar-refractivity contribution is 7.22. The standard InChI is InChI=1S/C18H23N5S/c1-13-16-17(22(3)20-13)19-18(24-16)21(2)11-14-9-10-23(12-14)15-7-5-4-6-8-15/h4-8,14H,9-12H2,1-3H3. The van der Waals surface area contributed by atoms with E-state index in [9.17, 15) is 0 Å². The number of anilines is 2. The number of aromatic nitrogens is 3. The summed E-state index contributed by atoms with van der Waals surface area (Å²) in [5.74, 6) is 0.682. The highest BCUT2D eigenvalue weighted by Gasteiger charge is 2.25. The largest absolute Gasteiger partial charge is 0.371 e. The minimum Gasteiger partial charge on any atom is -0.371 e. The minimum atomic E-state index is 0.682. The van der Waals surface area contributed by atoms with E-state index in [-0.39, 0.29) is 0 Å². The van der Waals surface area contributed by atoms with Crippen molar-refractivity contribution in [2.24, 2.45) is 13.0 Å². The van der Waals surface area contributed by atoms with Crippen LogP contribution in [0, 0.1) is 12.8 Å². The lowest BCUT2D eigenvalue weighted by molar-refractivity contribution is 0.583. The molecule has 2 aromatic heterocycles. The first-order valence-electron chi connectivity index (χ1n) is 8.43. The zero-order valence-electron chi connectivity index (χ0n) is 14.4. The van der Waals surface area contributed by atoms with Gasteiger partial charge in [0, 0.05) is 39.4 Å². The minimum absolute atomic E-state index is 0.682. The Balaban J connectivity index is 1.44. The summed E-state index contributed by atoms with van der Waals surface area (Å²) in [6.45, 7) is 5.37. The molecule has 126 valence electrons. The third-order valence-electron chi connectivity index (χ3n) is 4.80. The van der Waals surface area contributed by atoms with Crippen LogP contribution in [0.3, 0.4) is 0 Å². The van der Waals surface area contributed by atoms with Crippen LogP contribution in [0.25, 0.3) is 10.3 Å². The van der Waals surface area contributed by atoms with Gasteiger partial charge in [0.1, 0.15) is 0 Å². The SMILES string of the molecule is Cc1nn(C)c2nc(N(C)CC3CCN(c4ccccc4)C3)sc12. The number of nitrogens with zero attached hydrogens (tertiary/aromatic N) is 5. The zero-order chi connectivity index (χ0) is 16.7. The van der Waals surface area contributed by atoms with Crippen molar-refractivity contribution in [1.29, 1.82) is 0 Å². The van der Waals surface area contributed by atoms with Crippen molar-refractivity contribution in [3.8, 4) is 0 Å². The van der Waals surface area contributed by atoms with Gasteiger partial charge in [-0.1, -0.05) is 29.5 Å². The third kappa shape index (κ3) is 2.75. The summed E-state index contributed by atoms with van der Waals surface area (Å²) in [6.07, 6.45) is 1.24. The van der Waals surface area contributed by atoms with E-state index in [1.807, 2.05) is 11.7 Å². The molecule has 1 aliphatic heterocycles. The lowest BCUT2D eigenvalue weighted by Crippen LogP contribution is -2.28. The molecule has 0 radical (unpaired) electrons. The second kappa shape index (κ2) is 6.09. The Morgan fingerprint density at radius 1 is 1.29 bits per heavy atom. The molecule has 1 unspecified atom stereocenters. The molecule has 5 nitrogen and oxygen atoms in total. The van der Waals surface area contributed by atoms with Gasteiger partial charge in [0.25, 0.3) is 0 Å². The molecule has 1 saturated heterocycles. The molecule has 4 rings (SSSR count). The van der Waals surface area contributed by atoms with E-state index in [4.69, 9.17) is 4.98 Å². The second-order valence-electron chi connectivity index (χ2n) is 6.67. The van der Waals surface area contributed by atoms with Gasteiger partial charge in [0.2, 0.25) is 0 Å². The molecule has 3 heterocycles. The number of benzene rings is 1. The van der Waals surface area contributed by atoms with Crippen LogP contribution in [0.4, 0.5) is 10.8 Å². The summed E-state index contributed by atoms with van der Waals surface area (Å²) in [5.41, 5.74) is 3.40. The van der Waals surface area contributed by atoms with Crippen molar-refractivity contribution in [1.82, 2.24) is 14.8 Å². The predicted octanol–water partition coefficient (Wildman–Crippen LogP) is 3.30. The van der Waals surface area contributed by atoms with Gasteiger partial charge in [-0.2, -0.15) is 5.10 Å². The smallest absolute Gasteiger partial charge is 0.187 e. The van der Waals surface area contributed by atoms with E-state index in [1.165, 1.54) is 16.8 Å². The first-order valence-corrected chi connectivity index (χ1v) is 9.24. The molecule has 0 bridgehead atoms. The fourth-order valence-electron chi connectivity index (χ4n) is 3.56. The molecular weight excluding hydrogens is 318 g/mol. The van der Waals surface area contributed by atoms with Crippen LogP contribution >= 0.6 is 11.3 Å². The fourth-order valence-corrected chi connectivity index (χ4v) is 4.56. The summed E-state index contributed by atoms with van der Waals surface area (Å²) < 4.78 is 3.09. The predicted molar refractivity (Wildman–Crippen MR) is 101 cm³/mol. The van der Waals surface area contributed by atoms with Crippen LogP contribution in [-0.2, 0) is 7.05 Å². The van der Waals surface area contributed by atoms with Crippen LogP contribution in [0.15, 0.2) is 30.3 Å². The average molecular weight is 341 g/mol. The Hall–Kier alpha value is -2.08. The van der Waals surface area contributed by atoms with Gasteiger partial charge >= 0.3 is 0 Å². The van der Waals surface area contributed by atoms with Crippen molar-refractivity contribution >= 4 is 32.5 Å². The lowest BCUT2D eigenvalue weighted by atomic mass is 10.1. The lowest BCUT2D eigenvalue weighted by Gasteiger charge is -2.22. The first-order chi connectivity index (χ1) is 11.6. The van der Waals surface area contributed by atoms with E-state index < -0.39 is 0 Å². The molecule has 0 N–H and O–H groups in total. The number of aryl methyl sites for hydroxylation is 2. The molecule has 1 aromatic carbocycles. The molecule has 3 aromatic rings. The van der Waals surface area contributed by atoms with Gasteiger partial charge in [-0.05, 0) is 31.4 Å². The maximum absolute atomic E-state index is 4.78. The summed E-state index contributed by atoms with van der Waals surface area (Å²) in [5, 5.41) is 5.53. The van der Waals surface area contributed by atoms with Gasteiger partial charge in [-0.15, -0.1) is 0 Å². The Morgan fingerprint density at radius 3 is 2.83 bits per heavy atom. The Kier molecular flexibility index (Phi) is 3.92. The molecule has 1 aliphatic rings. The summed E-state index contributed by atoms with van der Waals surface area (Å²) in [6, 6.07) is 10.7. The molecule has 0 spiro atoms.